The maximum atomic E-state index is 12.9. The minimum atomic E-state index is -0.421. The van der Waals surface area contributed by atoms with E-state index in [-0.39, 0.29) is 23.2 Å². The highest BCUT2D eigenvalue weighted by molar-refractivity contribution is 7.13. The summed E-state index contributed by atoms with van der Waals surface area (Å²) in [6, 6.07) is 13.2. The molecule has 0 unspecified atom stereocenters. The number of anilines is 2. The minimum absolute atomic E-state index is 0.130. The molecule has 0 fully saturated rings. The van der Waals surface area contributed by atoms with Gasteiger partial charge in [-0.25, -0.2) is 4.39 Å². The number of amides is 2. The zero-order valence-electron chi connectivity index (χ0n) is 16.1. The van der Waals surface area contributed by atoms with Gasteiger partial charge in [0.2, 0.25) is 10.9 Å². The first-order valence-corrected chi connectivity index (χ1v) is 10.0. The van der Waals surface area contributed by atoms with Crippen LogP contribution in [-0.2, 0) is 11.2 Å². The van der Waals surface area contributed by atoms with Gasteiger partial charge >= 0.3 is 0 Å². The van der Waals surface area contributed by atoms with E-state index in [1.807, 2.05) is 24.3 Å². The van der Waals surface area contributed by atoms with Crippen molar-refractivity contribution in [3.8, 4) is 0 Å². The molecule has 0 aliphatic carbocycles. The molecule has 0 radical (unpaired) electrons. The Morgan fingerprint density at radius 3 is 2.24 bits per heavy atom. The number of halogens is 1. The normalized spacial score (nSPS) is 10.8. The van der Waals surface area contributed by atoms with Gasteiger partial charge in [-0.2, -0.15) is 0 Å². The lowest BCUT2D eigenvalue weighted by Crippen LogP contribution is -2.12. The van der Waals surface area contributed by atoms with E-state index in [0.29, 0.717) is 23.0 Å². The third-order valence-corrected chi connectivity index (χ3v) is 5.17. The highest BCUT2D eigenvalue weighted by Gasteiger charge is 2.14. The van der Waals surface area contributed by atoms with E-state index < -0.39 is 5.91 Å². The average molecular weight is 412 g/mol. The van der Waals surface area contributed by atoms with Crippen LogP contribution in [0.4, 0.5) is 15.8 Å². The topological polar surface area (TPSA) is 84.0 Å². The lowest BCUT2D eigenvalue weighted by molar-refractivity contribution is -0.116. The molecular formula is C21H21FN4O2S. The third-order valence-electron chi connectivity index (χ3n) is 4.19. The molecule has 1 aromatic heterocycles. The predicted octanol–water partition coefficient (Wildman–Crippen LogP) is 4.62. The molecule has 0 atom stereocenters. The fraction of sp³-hybridized carbons (Fsp3) is 0.238. The summed E-state index contributed by atoms with van der Waals surface area (Å²) in [5, 5.41) is 14.1. The van der Waals surface area contributed by atoms with Crippen molar-refractivity contribution in [2.24, 2.45) is 0 Å². The van der Waals surface area contributed by atoms with Gasteiger partial charge in [-0.05, 0) is 47.9 Å². The van der Waals surface area contributed by atoms with Crippen LogP contribution in [0.3, 0.4) is 0 Å². The second-order valence-electron chi connectivity index (χ2n) is 6.79. The summed E-state index contributed by atoms with van der Waals surface area (Å²) < 4.78 is 12.9. The molecule has 29 heavy (non-hydrogen) atoms. The van der Waals surface area contributed by atoms with Crippen molar-refractivity contribution in [3.63, 3.8) is 0 Å². The SMILES string of the molecule is CC(C)c1ccc(NC(=O)CCc2nnc(C(=O)Nc3ccc(F)cc3)s2)cc1. The number of aryl methyl sites for hydroxylation is 1. The Labute approximate surface area is 172 Å². The molecule has 1 heterocycles. The molecule has 0 aliphatic rings. The maximum Gasteiger partial charge on any atom is 0.286 e. The Bertz CT molecular complexity index is 985. The monoisotopic (exact) mass is 412 g/mol. The summed E-state index contributed by atoms with van der Waals surface area (Å²) in [6.07, 6.45) is 0.623. The fourth-order valence-electron chi connectivity index (χ4n) is 2.56. The number of carbonyl (C=O) groups is 2. The first kappa shape index (κ1) is 20.6. The van der Waals surface area contributed by atoms with Crippen LogP contribution in [0.1, 0.15) is 46.6 Å². The van der Waals surface area contributed by atoms with Crippen LogP contribution in [-0.4, -0.2) is 22.0 Å². The predicted molar refractivity (Wildman–Crippen MR) is 112 cm³/mol. The van der Waals surface area contributed by atoms with Gasteiger partial charge in [0, 0.05) is 24.2 Å². The average Bonchev–Trinajstić information content (AvgIpc) is 3.18. The van der Waals surface area contributed by atoms with E-state index in [1.54, 1.807) is 0 Å². The molecule has 2 N–H and O–H groups in total. The Kier molecular flexibility index (Phi) is 6.66. The standard InChI is InChI=1S/C21H21FN4O2S/c1-13(2)14-3-7-16(8-4-14)23-18(27)11-12-19-25-26-21(29-19)20(28)24-17-9-5-15(22)6-10-17/h3-10,13H,11-12H2,1-2H3,(H,23,27)(H,24,28). The van der Waals surface area contributed by atoms with Gasteiger partial charge in [0.05, 0.1) is 0 Å². The third kappa shape index (κ3) is 5.92. The number of aromatic nitrogens is 2. The van der Waals surface area contributed by atoms with Gasteiger partial charge in [0.25, 0.3) is 5.91 Å². The van der Waals surface area contributed by atoms with Gasteiger partial charge in [0.15, 0.2) is 0 Å². The van der Waals surface area contributed by atoms with Crippen LogP contribution in [0.15, 0.2) is 48.5 Å². The van der Waals surface area contributed by atoms with Crippen molar-refractivity contribution >= 4 is 34.5 Å². The second kappa shape index (κ2) is 9.38. The van der Waals surface area contributed by atoms with Crippen molar-refractivity contribution in [1.29, 1.82) is 0 Å². The number of nitrogens with one attached hydrogen (secondary N) is 2. The summed E-state index contributed by atoms with van der Waals surface area (Å²) in [6.45, 7) is 4.23. The van der Waals surface area contributed by atoms with E-state index in [0.717, 1.165) is 17.0 Å². The zero-order valence-corrected chi connectivity index (χ0v) is 16.9. The molecule has 0 aliphatic heterocycles. The van der Waals surface area contributed by atoms with Crippen LogP contribution < -0.4 is 10.6 Å². The second-order valence-corrected chi connectivity index (χ2v) is 7.85. The highest BCUT2D eigenvalue weighted by atomic mass is 32.1. The number of nitrogens with zero attached hydrogens (tertiary/aromatic N) is 2. The Hall–Kier alpha value is -3.13. The molecule has 150 valence electrons. The molecule has 0 saturated carbocycles. The minimum Gasteiger partial charge on any atom is -0.326 e. The van der Waals surface area contributed by atoms with Gasteiger partial charge in [0.1, 0.15) is 10.8 Å². The summed E-state index contributed by atoms with van der Waals surface area (Å²) in [4.78, 5) is 24.3. The molecular weight excluding hydrogens is 391 g/mol. The Morgan fingerprint density at radius 2 is 1.59 bits per heavy atom. The molecule has 2 aromatic carbocycles. The lowest BCUT2D eigenvalue weighted by Gasteiger charge is -2.08. The van der Waals surface area contributed by atoms with E-state index in [4.69, 9.17) is 0 Å². The number of hydrogen-bond donors (Lipinski definition) is 2. The van der Waals surface area contributed by atoms with E-state index in [2.05, 4.69) is 34.7 Å². The van der Waals surface area contributed by atoms with Crippen LogP contribution in [0.5, 0.6) is 0 Å². The summed E-state index contributed by atoms with van der Waals surface area (Å²) in [5.74, 6) is -0.494. The van der Waals surface area contributed by atoms with E-state index in [9.17, 15) is 14.0 Å². The van der Waals surface area contributed by atoms with Crippen LogP contribution in [0.2, 0.25) is 0 Å². The van der Waals surface area contributed by atoms with Crippen molar-refractivity contribution in [2.45, 2.75) is 32.6 Å². The number of carbonyl (C=O) groups excluding carboxylic acids is 2. The van der Waals surface area contributed by atoms with E-state index >= 15 is 0 Å². The number of benzene rings is 2. The molecule has 0 saturated heterocycles. The van der Waals surface area contributed by atoms with Gasteiger partial charge < -0.3 is 10.6 Å². The smallest absolute Gasteiger partial charge is 0.286 e. The molecule has 0 spiro atoms. The molecule has 0 bridgehead atoms. The first-order chi connectivity index (χ1) is 13.9. The number of hydrogen-bond acceptors (Lipinski definition) is 5. The Balaban J connectivity index is 1.49. The summed E-state index contributed by atoms with van der Waals surface area (Å²) in [5.41, 5.74) is 2.43. The van der Waals surface area contributed by atoms with Crippen molar-refractivity contribution in [1.82, 2.24) is 10.2 Å². The van der Waals surface area contributed by atoms with Crippen molar-refractivity contribution < 1.29 is 14.0 Å². The summed E-state index contributed by atoms with van der Waals surface area (Å²) >= 11 is 1.13. The highest BCUT2D eigenvalue weighted by Crippen LogP contribution is 2.18. The molecule has 3 rings (SSSR count). The Morgan fingerprint density at radius 1 is 0.966 bits per heavy atom. The van der Waals surface area contributed by atoms with E-state index in [1.165, 1.54) is 29.8 Å². The largest absolute Gasteiger partial charge is 0.326 e. The van der Waals surface area contributed by atoms with Crippen molar-refractivity contribution in [3.05, 3.63) is 69.9 Å². The quantitative estimate of drug-likeness (QED) is 0.593. The zero-order chi connectivity index (χ0) is 20.8. The lowest BCUT2D eigenvalue weighted by atomic mass is 10.0. The van der Waals surface area contributed by atoms with Crippen molar-refractivity contribution in [2.75, 3.05) is 10.6 Å². The maximum absolute atomic E-state index is 12.9. The molecule has 3 aromatic rings. The fourth-order valence-corrected chi connectivity index (χ4v) is 3.29. The molecule has 2 amide bonds. The van der Waals surface area contributed by atoms with Crippen LogP contribution in [0, 0.1) is 5.82 Å². The number of rotatable bonds is 7. The van der Waals surface area contributed by atoms with Crippen LogP contribution in [0.25, 0.3) is 0 Å². The molecule has 6 nitrogen and oxygen atoms in total. The van der Waals surface area contributed by atoms with Gasteiger partial charge in [-0.15, -0.1) is 10.2 Å². The molecule has 8 heteroatoms. The first-order valence-electron chi connectivity index (χ1n) is 9.20. The summed E-state index contributed by atoms with van der Waals surface area (Å²) in [7, 11) is 0. The van der Waals surface area contributed by atoms with Gasteiger partial charge in [-0.3, -0.25) is 9.59 Å². The van der Waals surface area contributed by atoms with Crippen LogP contribution >= 0.6 is 11.3 Å². The van der Waals surface area contributed by atoms with Gasteiger partial charge in [-0.1, -0.05) is 37.3 Å².